The van der Waals surface area contributed by atoms with Crippen molar-refractivity contribution in [2.24, 2.45) is 5.92 Å². The molecule has 1 aromatic rings. The second kappa shape index (κ2) is 7.14. The molecule has 21 heavy (non-hydrogen) atoms. The van der Waals surface area contributed by atoms with Gasteiger partial charge in [0.25, 0.3) is 0 Å². The van der Waals surface area contributed by atoms with Crippen molar-refractivity contribution in [1.29, 1.82) is 0 Å². The Hall–Kier alpha value is -1.26. The number of rotatable bonds is 5. The predicted octanol–water partition coefficient (Wildman–Crippen LogP) is 2.36. The van der Waals surface area contributed by atoms with Gasteiger partial charge >= 0.3 is 0 Å². The topological polar surface area (TPSA) is 35.6 Å². The van der Waals surface area contributed by atoms with Gasteiger partial charge < -0.3 is 15.1 Å². The van der Waals surface area contributed by atoms with E-state index in [1.807, 2.05) is 19.2 Å². The van der Waals surface area contributed by atoms with E-state index in [0.717, 1.165) is 42.5 Å². The lowest BCUT2D eigenvalue weighted by Gasteiger charge is -2.35. The molecular formula is C16H24ClN3O. The van der Waals surface area contributed by atoms with Crippen molar-refractivity contribution < 1.29 is 4.79 Å². The maximum Gasteiger partial charge on any atom is 0.241 e. The van der Waals surface area contributed by atoms with E-state index in [4.69, 9.17) is 11.6 Å². The van der Waals surface area contributed by atoms with Gasteiger partial charge in [0.05, 0.1) is 17.3 Å². The van der Waals surface area contributed by atoms with Crippen LogP contribution in [0.2, 0.25) is 5.02 Å². The molecule has 0 aromatic heterocycles. The molecule has 0 spiro atoms. The van der Waals surface area contributed by atoms with Crippen LogP contribution in [-0.4, -0.2) is 44.0 Å². The Morgan fingerprint density at radius 1 is 1.33 bits per heavy atom. The molecule has 5 heteroatoms. The molecule has 0 bridgehead atoms. The van der Waals surface area contributed by atoms with E-state index < -0.39 is 0 Å². The molecule has 1 fully saturated rings. The molecule has 0 aliphatic carbocycles. The molecule has 0 saturated carbocycles. The van der Waals surface area contributed by atoms with Crippen molar-refractivity contribution >= 4 is 23.2 Å². The number of benzene rings is 1. The zero-order valence-electron chi connectivity index (χ0n) is 13.0. The number of amides is 1. The maximum atomic E-state index is 11.9. The maximum absolute atomic E-state index is 11.9. The molecule has 4 nitrogen and oxygen atoms in total. The SMILES string of the molecule is CC(C)CNCc1cccc(Cl)c1N1CCN(C)C(=O)C1. The predicted molar refractivity (Wildman–Crippen MR) is 87.8 cm³/mol. The van der Waals surface area contributed by atoms with Crippen LogP contribution in [0.3, 0.4) is 0 Å². The zero-order chi connectivity index (χ0) is 15.4. The summed E-state index contributed by atoms with van der Waals surface area (Å²) >= 11 is 6.39. The number of hydrogen-bond acceptors (Lipinski definition) is 3. The average Bonchev–Trinajstić information content (AvgIpc) is 2.42. The molecule has 116 valence electrons. The number of anilines is 1. The third-order valence-electron chi connectivity index (χ3n) is 3.71. The summed E-state index contributed by atoms with van der Waals surface area (Å²) < 4.78 is 0. The Bertz CT molecular complexity index is 504. The minimum absolute atomic E-state index is 0.141. The van der Waals surface area contributed by atoms with Gasteiger partial charge in [0, 0.05) is 26.7 Å². The third kappa shape index (κ3) is 4.11. The van der Waals surface area contributed by atoms with Crippen molar-refractivity contribution in [3.8, 4) is 0 Å². The largest absolute Gasteiger partial charge is 0.359 e. The van der Waals surface area contributed by atoms with Gasteiger partial charge in [-0.05, 0) is 24.1 Å². The fraction of sp³-hybridized carbons (Fsp3) is 0.562. The quantitative estimate of drug-likeness (QED) is 0.907. The van der Waals surface area contributed by atoms with Crippen LogP contribution in [-0.2, 0) is 11.3 Å². The van der Waals surface area contributed by atoms with Crippen molar-refractivity contribution in [3.05, 3.63) is 28.8 Å². The molecule has 0 unspecified atom stereocenters. The lowest BCUT2D eigenvalue weighted by Crippen LogP contribution is -2.49. The first-order valence-corrected chi connectivity index (χ1v) is 7.84. The highest BCUT2D eigenvalue weighted by atomic mass is 35.5. The first-order chi connectivity index (χ1) is 9.99. The zero-order valence-corrected chi connectivity index (χ0v) is 13.8. The van der Waals surface area contributed by atoms with E-state index in [1.54, 1.807) is 4.90 Å². The van der Waals surface area contributed by atoms with Crippen LogP contribution >= 0.6 is 11.6 Å². The molecule has 0 atom stereocenters. The number of halogens is 1. The van der Waals surface area contributed by atoms with Gasteiger partial charge in [-0.15, -0.1) is 0 Å². The molecule has 1 aliphatic heterocycles. The van der Waals surface area contributed by atoms with Crippen LogP contribution in [0.1, 0.15) is 19.4 Å². The van der Waals surface area contributed by atoms with Crippen LogP contribution in [0.15, 0.2) is 18.2 Å². The number of carbonyl (C=O) groups is 1. The van der Waals surface area contributed by atoms with Crippen LogP contribution in [0, 0.1) is 5.92 Å². The highest BCUT2D eigenvalue weighted by Gasteiger charge is 2.24. The molecule has 0 radical (unpaired) electrons. The minimum atomic E-state index is 0.141. The molecule has 1 amide bonds. The number of nitrogens with zero attached hydrogens (tertiary/aromatic N) is 2. The molecule has 1 N–H and O–H groups in total. The second-order valence-electron chi connectivity index (χ2n) is 6.01. The fourth-order valence-corrected chi connectivity index (χ4v) is 2.82. The Kier molecular flexibility index (Phi) is 5.48. The lowest BCUT2D eigenvalue weighted by atomic mass is 10.1. The normalized spacial score (nSPS) is 16.0. The molecular weight excluding hydrogens is 286 g/mol. The van der Waals surface area contributed by atoms with Crippen LogP contribution in [0.5, 0.6) is 0 Å². The summed E-state index contributed by atoms with van der Waals surface area (Å²) in [6, 6.07) is 5.94. The Labute approximate surface area is 132 Å². The van der Waals surface area contributed by atoms with Crippen LogP contribution in [0.4, 0.5) is 5.69 Å². The smallest absolute Gasteiger partial charge is 0.241 e. The minimum Gasteiger partial charge on any atom is -0.359 e. The van der Waals surface area contributed by atoms with E-state index in [0.29, 0.717) is 12.5 Å². The van der Waals surface area contributed by atoms with Gasteiger partial charge in [0.1, 0.15) is 0 Å². The summed E-state index contributed by atoms with van der Waals surface area (Å²) in [6.07, 6.45) is 0. The van der Waals surface area contributed by atoms with E-state index in [-0.39, 0.29) is 5.91 Å². The Balaban J connectivity index is 2.15. The van der Waals surface area contributed by atoms with E-state index in [1.165, 1.54) is 0 Å². The van der Waals surface area contributed by atoms with E-state index in [9.17, 15) is 4.79 Å². The number of likely N-dealkylation sites (N-methyl/N-ethyl adjacent to an activating group) is 1. The van der Waals surface area contributed by atoms with Crippen LogP contribution < -0.4 is 10.2 Å². The number of piperazine rings is 1. The monoisotopic (exact) mass is 309 g/mol. The Morgan fingerprint density at radius 3 is 2.76 bits per heavy atom. The number of hydrogen-bond donors (Lipinski definition) is 1. The summed E-state index contributed by atoms with van der Waals surface area (Å²) in [5.74, 6) is 0.750. The van der Waals surface area contributed by atoms with Gasteiger partial charge in [-0.3, -0.25) is 4.79 Å². The van der Waals surface area contributed by atoms with Gasteiger partial charge in [0.15, 0.2) is 0 Å². The third-order valence-corrected chi connectivity index (χ3v) is 4.02. The van der Waals surface area contributed by atoms with Crippen molar-refractivity contribution in [2.75, 3.05) is 38.1 Å². The van der Waals surface area contributed by atoms with Gasteiger partial charge in [-0.2, -0.15) is 0 Å². The summed E-state index contributed by atoms with van der Waals surface area (Å²) in [7, 11) is 1.84. The van der Waals surface area contributed by atoms with Gasteiger partial charge in [-0.25, -0.2) is 0 Å². The number of nitrogens with one attached hydrogen (secondary N) is 1. The molecule has 1 aliphatic rings. The summed E-state index contributed by atoms with van der Waals surface area (Å²) in [5, 5.41) is 4.17. The Morgan fingerprint density at radius 2 is 2.10 bits per heavy atom. The first kappa shape index (κ1) is 16.1. The summed E-state index contributed by atoms with van der Waals surface area (Å²) in [5.41, 5.74) is 2.15. The van der Waals surface area contributed by atoms with Crippen molar-refractivity contribution in [2.45, 2.75) is 20.4 Å². The van der Waals surface area contributed by atoms with Crippen molar-refractivity contribution in [3.63, 3.8) is 0 Å². The fourth-order valence-electron chi connectivity index (χ4n) is 2.50. The molecule has 1 saturated heterocycles. The van der Waals surface area contributed by atoms with E-state index >= 15 is 0 Å². The number of para-hydroxylation sites is 1. The molecule has 1 aromatic carbocycles. The van der Waals surface area contributed by atoms with Gasteiger partial charge in [0.2, 0.25) is 5.91 Å². The average molecular weight is 310 g/mol. The molecule has 2 rings (SSSR count). The van der Waals surface area contributed by atoms with Gasteiger partial charge in [-0.1, -0.05) is 37.6 Å². The highest BCUT2D eigenvalue weighted by molar-refractivity contribution is 6.33. The summed E-state index contributed by atoms with van der Waals surface area (Å²) in [6.45, 7) is 8.07. The highest BCUT2D eigenvalue weighted by Crippen LogP contribution is 2.30. The van der Waals surface area contributed by atoms with Crippen LogP contribution in [0.25, 0.3) is 0 Å². The molecule has 1 heterocycles. The summed E-state index contributed by atoms with van der Waals surface area (Å²) in [4.78, 5) is 15.8. The standard InChI is InChI=1S/C16H24ClN3O/c1-12(2)9-18-10-13-5-4-6-14(17)16(13)20-8-7-19(3)15(21)11-20/h4-6,12,18H,7-11H2,1-3H3. The second-order valence-corrected chi connectivity index (χ2v) is 6.42. The lowest BCUT2D eigenvalue weighted by molar-refractivity contribution is -0.129. The van der Waals surface area contributed by atoms with E-state index in [2.05, 4.69) is 30.1 Å². The van der Waals surface area contributed by atoms with Crippen molar-refractivity contribution in [1.82, 2.24) is 10.2 Å². The number of carbonyl (C=O) groups excluding carboxylic acids is 1. The first-order valence-electron chi connectivity index (χ1n) is 7.46.